The Bertz CT molecular complexity index is 441. The predicted octanol–water partition coefficient (Wildman–Crippen LogP) is 3.92. The molecule has 0 bridgehead atoms. The number of allylic oxidation sites excluding steroid dienone is 2. The summed E-state index contributed by atoms with van der Waals surface area (Å²) in [5.74, 6) is -3.66. The lowest BCUT2D eigenvalue weighted by atomic mass is 9.97. The standard InChI is InChI=1S/C24H47NO4/c1-5-6-7-8-9-10-11-12-13-14-15-16-17-18-19-20-21-24(28,29)22(23(26)27)25(2,3)4/h12-13,22,28-29H,5-11,14-21H2,1-4H3/b13-12-. The van der Waals surface area contributed by atoms with Crippen molar-refractivity contribution < 1.29 is 24.6 Å². The molecule has 0 aliphatic rings. The van der Waals surface area contributed by atoms with Crippen LogP contribution < -0.4 is 5.11 Å². The quantitative estimate of drug-likeness (QED) is 0.146. The second-order valence-electron chi connectivity index (χ2n) is 9.40. The summed E-state index contributed by atoms with van der Waals surface area (Å²) < 4.78 is -0.0816. The Morgan fingerprint density at radius 1 is 0.828 bits per heavy atom. The lowest BCUT2D eigenvalue weighted by Crippen LogP contribution is -2.66. The minimum absolute atomic E-state index is 0.0579. The molecule has 172 valence electrons. The van der Waals surface area contributed by atoms with E-state index in [1.54, 1.807) is 21.1 Å². The fourth-order valence-corrected chi connectivity index (χ4v) is 3.89. The smallest absolute Gasteiger partial charge is 0.222 e. The third-order valence-corrected chi connectivity index (χ3v) is 5.49. The van der Waals surface area contributed by atoms with Crippen LogP contribution in [0.25, 0.3) is 0 Å². The summed E-state index contributed by atoms with van der Waals surface area (Å²) in [5, 5.41) is 31.7. The lowest BCUT2D eigenvalue weighted by molar-refractivity contribution is -0.901. The monoisotopic (exact) mass is 413 g/mol. The van der Waals surface area contributed by atoms with Crippen LogP contribution in [0.4, 0.5) is 0 Å². The molecule has 0 saturated carbocycles. The second-order valence-corrected chi connectivity index (χ2v) is 9.40. The van der Waals surface area contributed by atoms with Gasteiger partial charge in [0.15, 0.2) is 6.04 Å². The largest absolute Gasteiger partial charge is 0.544 e. The number of quaternary nitrogens is 1. The van der Waals surface area contributed by atoms with E-state index in [0.717, 1.165) is 25.7 Å². The highest BCUT2D eigenvalue weighted by molar-refractivity contribution is 5.71. The Kier molecular flexibility index (Phi) is 15.4. The highest BCUT2D eigenvalue weighted by atomic mass is 16.5. The number of aliphatic hydroxyl groups is 2. The molecule has 0 heterocycles. The molecule has 0 radical (unpaired) electrons. The number of carboxylic acid groups (broad SMARTS) is 1. The number of aliphatic carboxylic acids is 1. The molecule has 29 heavy (non-hydrogen) atoms. The molecule has 0 amide bonds. The number of unbranched alkanes of at least 4 members (excludes halogenated alkanes) is 12. The van der Waals surface area contributed by atoms with Gasteiger partial charge in [0.1, 0.15) is 5.97 Å². The highest BCUT2D eigenvalue weighted by Crippen LogP contribution is 2.23. The molecule has 0 aromatic heterocycles. The first-order valence-corrected chi connectivity index (χ1v) is 11.7. The zero-order valence-corrected chi connectivity index (χ0v) is 19.5. The highest BCUT2D eigenvalue weighted by Gasteiger charge is 2.44. The van der Waals surface area contributed by atoms with Crippen LogP contribution in [-0.2, 0) is 4.79 Å². The van der Waals surface area contributed by atoms with Gasteiger partial charge in [-0.1, -0.05) is 76.9 Å². The first-order valence-electron chi connectivity index (χ1n) is 11.7. The van der Waals surface area contributed by atoms with Crippen molar-refractivity contribution in [1.29, 1.82) is 0 Å². The van der Waals surface area contributed by atoms with Crippen molar-refractivity contribution in [2.45, 2.75) is 115 Å². The third kappa shape index (κ3) is 14.7. The molecule has 1 atom stereocenters. The van der Waals surface area contributed by atoms with Gasteiger partial charge >= 0.3 is 0 Å². The van der Waals surface area contributed by atoms with E-state index in [1.165, 1.54) is 57.8 Å². The maximum absolute atomic E-state index is 11.3. The average molecular weight is 414 g/mol. The summed E-state index contributed by atoms with van der Waals surface area (Å²) in [4.78, 5) is 11.3. The molecule has 2 N–H and O–H groups in total. The summed E-state index contributed by atoms with van der Waals surface area (Å²) in [6, 6.07) is -1.36. The van der Waals surface area contributed by atoms with Gasteiger partial charge in [-0.05, 0) is 32.1 Å². The summed E-state index contributed by atoms with van der Waals surface area (Å²) in [6.45, 7) is 2.25. The van der Waals surface area contributed by atoms with Crippen LogP contribution in [0.2, 0.25) is 0 Å². The van der Waals surface area contributed by atoms with Gasteiger partial charge in [0, 0.05) is 6.42 Å². The number of carbonyl (C=O) groups excluding carboxylic acids is 1. The molecule has 0 aromatic carbocycles. The zero-order chi connectivity index (χ0) is 22.2. The Morgan fingerprint density at radius 2 is 1.24 bits per heavy atom. The van der Waals surface area contributed by atoms with Gasteiger partial charge in [-0.3, -0.25) is 0 Å². The Morgan fingerprint density at radius 3 is 1.66 bits per heavy atom. The van der Waals surface area contributed by atoms with Gasteiger partial charge < -0.3 is 24.6 Å². The van der Waals surface area contributed by atoms with Crippen LogP contribution in [0.15, 0.2) is 12.2 Å². The van der Waals surface area contributed by atoms with Crippen molar-refractivity contribution in [3.05, 3.63) is 12.2 Å². The Hall–Kier alpha value is -0.910. The van der Waals surface area contributed by atoms with E-state index in [9.17, 15) is 20.1 Å². The van der Waals surface area contributed by atoms with Crippen LogP contribution in [0, 0.1) is 0 Å². The molecule has 1 unspecified atom stereocenters. The fraction of sp³-hybridized carbons (Fsp3) is 0.875. The number of nitrogens with zero attached hydrogens (tertiary/aromatic N) is 1. The summed E-state index contributed by atoms with van der Waals surface area (Å²) in [5.41, 5.74) is 0. The summed E-state index contributed by atoms with van der Waals surface area (Å²) >= 11 is 0. The molecule has 0 aromatic rings. The van der Waals surface area contributed by atoms with E-state index in [-0.39, 0.29) is 10.9 Å². The van der Waals surface area contributed by atoms with Crippen molar-refractivity contribution in [2.75, 3.05) is 21.1 Å². The third-order valence-electron chi connectivity index (χ3n) is 5.49. The zero-order valence-electron chi connectivity index (χ0n) is 19.5. The number of rotatable bonds is 19. The molecule has 0 saturated heterocycles. The van der Waals surface area contributed by atoms with Crippen molar-refractivity contribution in [3.63, 3.8) is 0 Å². The normalized spacial score (nSPS) is 13.9. The van der Waals surface area contributed by atoms with E-state index in [4.69, 9.17) is 0 Å². The molecule has 0 aliphatic heterocycles. The van der Waals surface area contributed by atoms with Crippen LogP contribution in [0.5, 0.6) is 0 Å². The molecule has 5 heteroatoms. The maximum atomic E-state index is 11.3. The number of likely N-dealkylation sites (N-methyl/N-ethyl adjacent to an activating group) is 1. The van der Waals surface area contributed by atoms with E-state index in [0.29, 0.717) is 6.42 Å². The van der Waals surface area contributed by atoms with Crippen LogP contribution in [0.3, 0.4) is 0 Å². The van der Waals surface area contributed by atoms with Crippen LogP contribution in [0.1, 0.15) is 103 Å². The van der Waals surface area contributed by atoms with Gasteiger partial charge in [0.2, 0.25) is 5.79 Å². The van der Waals surface area contributed by atoms with Gasteiger partial charge in [-0.25, -0.2) is 0 Å². The lowest BCUT2D eigenvalue weighted by Gasteiger charge is -2.41. The van der Waals surface area contributed by atoms with Crippen LogP contribution >= 0.6 is 0 Å². The molecular weight excluding hydrogens is 366 g/mol. The van der Waals surface area contributed by atoms with E-state index < -0.39 is 17.8 Å². The van der Waals surface area contributed by atoms with Crippen molar-refractivity contribution in [2.24, 2.45) is 0 Å². The number of hydrogen-bond donors (Lipinski definition) is 2. The van der Waals surface area contributed by atoms with Gasteiger partial charge in [-0.2, -0.15) is 0 Å². The van der Waals surface area contributed by atoms with E-state index >= 15 is 0 Å². The van der Waals surface area contributed by atoms with Crippen LogP contribution in [-0.4, -0.2) is 53.6 Å². The number of hydrogen-bond acceptors (Lipinski definition) is 4. The van der Waals surface area contributed by atoms with E-state index in [1.807, 2.05) is 0 Å². The topological polar surface area (TPSA) is 80.6 Å². The maximum Gasteiger partial charge on any atom is 0.222 e. The Labute approximate surface area is 179 Å². The van der Waals surface area contributed by atoms with Gasteiger partial charge in [-0.15, -0.1) is 0 Å². The minimum Gasteiger partial charge on any atom is -0.544 e. The molecule has 0 rings (SSSR count). The summed E-state index contributed by atoms with van der Waals surface area (Å²) in [6.07, 6.45) is 21.2. The number of carbonyl (C=O) groups is 1. The van der Waals surface area contributed by atoms with E-state index in [2.05, 4.69) is 19.1 Å². The minimum atomic E-state index is -2.24. The van der Waals surface area contributed by atoms with Crippen molar-refractivity contribution >= 4 is 5.97 Å². The first kappa shape index (κ1) is 28.1. The SMILES string of the molecule is CCCCCCCC/C=C\CCCCCCCCC(O)(O)C(C(=O)[O-])[N+](C)(C)C. The van der Waals surface area contributed by atoms with Crippen molar-refractivity contribution in [3.8, 4) is 0 Å². The predicted molar refractivity (Wildman–Crippen MR) is 118 cm³/mol. The molecule has 5 nitrogen and oxygen atoms in total. The Balaban J connectivity index is 3.68. The van der Waals surface area contributed by atoms with Crippen molar-refractivity contribution in [1.82, 2.24) is 0 Å². The second kappa shape index (κ2) is 15.9. The fourth-order valence-electron chi connectivity index (χ4n) is 3.89. The van der Waals surface area contributed by atoms with Gasteiger partial charge in [0.25, 0.3) is 0 Å². The van der Waals surface area contributed by atoms with Gasteiger partial charge in [0.05, 0.1) is 21.1 Å². The molecule has 0 spiro atoms. The molecule has 0 fully saturated rings. The summed E-state index contributed by atoms with van der Waals surface area (Å²) in [7, 11) is 4.89. The molecular formula is C24H47NO4. The average Bonchev–Trinajstić information content (AvgIpc) is 2.59. The molecule has 0 aliphatic carbocycles. The number of carboxylic acids is 1. The first-order chi connectivity index (χ1) is 13.6.